The van der Waals surface area contributed by atoms with Crippen molar-refractivity contribution in [3.05, 3.63) is 64.1 Å². The highest BCUT2D eigenvalue weighted by molar-refractivity contribution is 6.31. The lowest BCUT2D eigenvalue weighted by atomic mass is 9.85. The Hall–Kier alpha value is -1.22. The molecule has 0 amide bonds. The summed E-state index contributed by atoms with van der Waals surface area (Å²) < 4.78 is 0. The Balaban J connectivity index is 1.98. The lowest BCUT2D eigenvalue weighted by Crippen LogP contribution is -2.41. The molecule has 0 spiro atoms. The summed E-state index contributed by atoms with van der Waals surface area (Å²) in [6.45, 7) is 0.0335. The standard InChI is InChI=1S/C17H17Cl2NO/c18-14-8-6-13(7-9-14)17(11-21,12-4-5-12)20-16-3-1-2-15(19)10-16/h1-3,6-10,12,20-21H,4-5,11H2. The molecule has 3 rings (SSSR count). The summed E-state index contributed by atoms with van der Waals surface area (Å²) >= 11 is 12.0. The SMILES string of the molecule is OCC(Nc1cccc(Cl)c1)(c1ccc(Cl)cc1)C1CC1. The van der Waals surface area contributed by atoms with Gasteiger partial charge in [-0.25, -0.2) is 0 Å². The molecule has 1 atom stereocenters. The summed E-state index contributed by atoms with van der Waals surface area (Å²) in [6, 6.07) is 15.3. The van der Waals surface area contributed by atoms with Crippen LogP contribution in [-0.4, -0.2) is 11.7 Å². The van der Waals surface area contributed by atoms with Crippen LogP contribution in [0.3, 0.4) is 0 Å². The average Bonchev–Trinajstić information content (AvgIpc) is 3.31. The van der Waals surface area contributed by atoms with Gasteiger partial charge in [-0.2, -0.15) is 0 Å². The van der Waals surface area contributed by atoms with Crippen molar-refractivity contribution < 1.29 is 5.11 Å². The first kappa shape index (κ1) is 14.7. The summed E-state index contributed by atoms with van der Waals surface area (Å²) in [7, 11) is 0. The maximum Gasteiger partial charge on any atom is 0.0885 e. The molecule has 21 heavy (non-hydrogen) atoms. The van der Waals surface area contributed by atoms with Crippen molar-refractivity contribution in [3.8, 4) is 0 Å². The van der Waals surface area contributed by atoms with E-state index in [0.717, 1.165) is 24.1 Å². The van der Waals surface area contributed by atoms with Gasteiger partial charge in [-0.3, -0.25) is 0 Å². The van der Waals surface area contributed by atoms with Gasteiger partial charge in [0.15, 0.2) is 0 Å². The predicted molar refractivity (Wildman–Crippen MR) is 88.0 cm³/mol. The second-order valence-electron chi connectivity index (χ2n) is 5.55. The van der Waals surface area contributed by atoms with Crippen molar-refractivity contribution in [2.45, 2.75) is 18.4 Å². The van der Waals surface area contributed by atoms with Gasteiger partial charge in [0.1, 0.15) is 0 Å². The van der Waals surface area contributed by atoms with Gasteiger partial charge in [0.2, 0.25) is 0 Å². The summed E-state index contributed by atoms with van der Waals surface area (Å²) in [5.74, 6) is 0.419. The number of anilines is 1. The second kappa shape index (κ2) is 5.88. The Morgan fingerprint density at radius 2 is 1.76 bits per heavy atom. The largest absolute Gasteiger partial charge is 0.394 e. The number of halogens is 2. The fourth-order valence-electron chi connectivity index (χ4n) is 2.82. The molecule has 4 heteroatoms. The molecule has 0 aliphatic heterocycles. The normalized spacial score (nSPS) is 17.3. The molecule has 1 aliphatic rings. The first-order chi connectivity index (χ1) is 10.1. The number of hydrogen-bond acceptors (Lipinski definition) is 2. The smallest absolute Gasteiger partial charge is 0.0885 e. The molecule has 2 nitrogen and oxygen atoms in total. The van der Waals surface area contributed by atoms with Crippen LogP contribution in [-0.2, 0) is 5.54 Å². The molecule has 1 aliphatic carbocycles. The minimum atomic E-state index is -0.477. The Bertz CT molecular complexity index is 625. The number of aliphatic hydroxyl groups is 1. The lowest BCUT2D eigenvalue weighted by molar-refractivity contribution is 0.193. The van der Waals surface area contributed by atoms with E-state index in [9.17, 15) is 5.11 Å². The maximum absolute atomic E-state index is 10.1. The van der Waals surface area contributed by atoms with Gasteiger partial charge in [-0.15, -0.1) is 0 Å². The van der Waals surface area contributed by atoms with Crippen molar-refractivity contribution in [1.82, 2.24) is 0 Å². The van der Waals surface area contributed by atoms with E-state index in [1.54, 1.807) is 0 Å². The van der Waals surface area contributed by atoms with E-state index in [-0.39, 0.29) is 6.61 Å². The van der Waals surface area contributed by atoms with Crippen LogP contribution < -0.4 is 5.32 Å². The Labute approximate surface area is 134 Å². The van der Waals surface area contributed by atoms with Crippen LogP contribution in [0.2, 0.25) is 10.0 Å². The Morgan fingerprint density at radius 3 is 2.33 bits per heavy atom. The minimum absolute atomic E-state index is 0.0335. The zero-order chi connectivity index (χ0) is 14.9. The van der Waals surface area contributed by atoms with Crippen molar-refractivity contribution in [1.29, 1.82) is 0 Å². The molecule has 0 aromatic heterocycles. The minimum Gasteiger partial charge on any atom is -0.394 e. The van der Waals surface area contributed by atoms with E-state index in [2.05, 4.69) is 5.32 Å². The van der Waals surface area contributed by atoms with Gasteiger partial charge in [-0.05, 0) is 54.7 Å². The van der Waals surface area contributed by atoms with Gasteiger partial charge in [0.05, 0.1) is 12.1 Å². The van der Waals surface area contributed by atoms with Gasteiger partial charge < -0.3 is 10.4 Å². The van der Waals surface area contributed by atoms with Crippen molar-refractivity contribution in [3.63, 3.8) is 0 Å². The van der Waals surface area contributed by atoms with Crippen LogP contribution in [0.4, 0.5) is 5.69 Å². The zero-order valence-corrected chi connectivity index (χ0v) is 13.0. The Kier molecular flexibility index (Phi) is 4.12. The Morgan fingerprint density at radius 1 is 1.05 bits per heavy atom. The van der Waals surface area contributed by atoms with E-state index in [1.165, 1.54) is 0 Å². The van der Waals surface area contributed by atoms with Gasteiger partial charge in [0.25, 0.3) is 0 Å². The summed E-state index contributed by atoms with van der Waals surface area (Å²) in [5, 5.41) is 15.0. The van der Waals surface area contributed by atoms with Crippen molar-refractivity contribution >= 4 is 28.9 Å². The molecule has 0 saturated heterocycles. The molecule has 2 aromatic rings. The second-order valence-corrected chi connectivity index (χ2v) is 6.42. The maximum atomic E-state index is 10.1. The topological polar surface area (TPSA) is 32.3 Å². The number of nitrogens with one attached hydrogen (secondary N) is 1. The molecular weight excluding hydrogens is 305 g/mol. The number of rotatable bonds is 5. The van der Waals surface area contributed by atoms with Gasteiger partial charge >= 0.3 is 0 Å². The third-order valence-corrected chi connectivity index (χ3v) is 4.56. The van der Waals surface area contributed by atoms with Crippen LogP contribution in [0.25, 0.3) is 0 Å². The molecule has 1 unspecified atom stereocenters. The van der Waals surface area contributed by atoms with E-state index >= 15 is 0 Å². The number of benzene rings is 2. The van der Waals surface area contributed by atoms with Crippen LogP contribution in [0.15, 0.2) is 48.5 Å². The highest BCUT2D eigenvalue weighted by Crippen LogP contribution is 2.47. The van der Waals surface area contributed by atoms with E-state index in [1.807, 2.05) is 48.5 Å². The summed E-state index contributed by atoms with van der Waals surface area (Å²) in [4.78, 5) is 0. The molecule has 1 saturated carbocycles. The number of hydrogen-bond donors (Lipinski definition) is 2. The summed E-state index contributed by atoms with van der Waals surface area (Å²) in [6.07, 6.45) is 2.22. The van der Waals surface area contributed by atoms with E-state index in [0.29, 0.717) is 16.0 Å². The molecule has 2 aromatic carbocycles. The predicted octanol–water partition coefficient (Wildman–Crippen LogP) is 4.70. The van der Waals surface area contributed by atoms with Crippen LogP contribution in [0.1, 0.15) is 18.4 Å². The van der Waals surface area contributed by atoms with Crippen molar-refractivity contribution in [2.75, 3.05) is 11.9 Å². The average molecular weight is 322 g/mol. The molecule has 1 fully saturated rings. The van der Waals surface area contributed by atoms with Gasteiger partial charge in [0, 0.05) is 15.7 Å². The molecule has 2 N–H and O–H groups in total. The first-order valence-electron chi connectivity index (χ1n) is 7.05. The first-order valence-corrected chi connectivity index (χ1v) is 7.80. The van der Waals surface area contributed by atoms with Crippen LogP contribution >= 0.6 is 23.2 Å². The fourth-order valence-corrected chi connectivity index (χ4v) is 3.13. The monoisotopic (exact) mass is 321 g/mol. The quantitative estimate of drug-likeness (QED) is 0.836. The third kappa shape index (κ3) is 3.03. The molecule has 110 valence electrons. The highest BCUT2D eigenvalue weighted by Gasteiger charge is 2.46. The summed E-state index contributed by atoms with van der Waals surface area (Å²) in [5.41, 5.74) is 1.49. The fraction of sp³-hybridized carbons (Fsp3) is 0.294. The molecule has 0 bridgehead atoms. The lowest BCUT2D eigenvalue weighted by Gasteiger charge is -2.35. The molecule has 0 heterocycles. The zero-order valence-electron chi connectivity index (χ0n) is 11.5. The number of aliphatic hydroxyl groups excluding tert-OH is 1. The van der Waals surface area contributed by atoms with Crippen LogP contribution in [0.5, 0.6) is 0 Å². The highest BCUT2D eigenvalue weighted by atomic mass is 35.5. The molecule has 0 radical (unpaired) electrons. The molecular formula is C17H17Cl2NO. The van der Waals surface area contributed by atoms with E-state index in [4.69, 9.17) is 23.2 Å². The van der Waals surface area contributed by atoms with Crippen molar-refractivity contribution in [2.24, 2.45) is 5.92 Å². The van der Waals surface area contributed by atoms with Crippen LogP contribution in [0, 0.1) is 5.92 Å². The third-order valence-electron chi connectivity index (χ3n) is 4.08. The van der Waals surface area contributed by atoms with Gasteiger partial charge in [-0.1, -0.05) is 41.4 Å². The van der Waals surface area contributed by atoms with E-state index < -0.39 is 5.54 Å².